The summed E-state index contributed by atoms with van der Waals surface area (Å²) in [7, 11) is 1.57. The fraction of sp³-hybridized carbons (Fsp3) is 0.280. The molecule has 0 fully saturated rings. The molecule has 1 heterocycles. The summed E-state index contributed by atoms with van der Waals surface area (Å²) in [6.45, 7) is 1.95. The molecule has 9 nitrogen and oxygen atoms in total. The minimum atomic E-state index is -1.12. The Morgan fingerprint density at radius 2 is 1.71 bits per heavy atom. The van der Waals surface area contributed by atoms with Crippen molar-refractivity contribution in [3.8, 4) is 11.1 Å². The third-order valence-electron chi connectivity index (χ3n) is 5.93. The number of carboxylic acid groups (broad SMARTS) is 1. The number of carboxylic acids is 1. The van der Waals surface area contributed by atoms with Gasteiger partial charge in [-0.3, -0.25) is 14.8 Å². The number of amides is 2. The van der Waals surface area contributed by atoms with Gasteiger partial charge < -0.3 is 15.2 Å². The summed E-state index contributed by atoms with van der Waals surface area (Å²) < 4.78 is 6.87. The van der Waals surface area contributed by atoms with Crippen molar-refractivity contribution in [3.05, 3.63) is 71.4 Å². The molecular weight excluding hydrogens is 436 g/mol. The monoisotopic (exact) mass is 462 g/mol. The molecule has 1 aliphatic carbocycles. The second kappa shape index (κ2) is 9.78. The number of hydrogen-bond acceptors (Lipinski definition) is 5. The molecule has 0 unspecified atom stereocenters. The maximum Gasteiger partial charge on any atom is 0.412 e. The molecule has 9 heteroatoms. The second-order valence-electron chi connectivity index (χ2n) is 8.13. The summed E-state index contributed by atoms with van der Waals surface area (Å²) in [5, 5.41) is 18.4. The highest BCUT2D eigenvalue weighted by atomic mass is 16.5. The van der Waals surface area contributed by atoms with E-state index < -0.39 is 24.0 Å². The smallest absolute Gasteiger partial charge is 0.412 e. The van der Waals surface area contributed by atoms with Gasteiger partial charge in [-0.25, -0.2) is 9.59 Å². The highest BCUT2D eigenvalue weighted by molar-refractivity contribution is 6.02. The van der Waals surface area contributed by atoms with Crippen molar-refractivity contribution in [3.63, 3.8) is 0 Å². The Labute approximate surface area is 196 Å². The third kappa shape index (κ3) is 4.50. The Hall–Kier alpha value is -4.14. The van der Waals surface area contributed by atoms with Crippen molar-refractivity contribution < 1.29 is 24.2 Å². The molecular formula is C25H26N4O5. The van der Waals surface area contributed by atoms with Crippen LogP contribution in [0.25, 0.3) is 11.1 Å². The molecule has 3 aromatic rings. The first-order chi connectivity index (χ1) is 16.4. The van der Waals surface area contributed by atoms with Gasteiger partial charge >= 0.3 is 12.1 Å². The molecule has 2 aromatic carbocycles. The third-order valence-corrected chi connectivity index (χ3v) is 5.93. The van der Waals surface area contributed by atoms with E-state index in [0.29, 0.717) is 6.42 Å². The van der Waals surface area contributed by atoms with Crippen LogP contribution in [-0.2, 0) is 16.6 Å². The number of benzene rings is 2. The van der Waals surface area contributed by atoms with Gasteiger partial charge in [-0.2, -0.15) is 5.10 Å². The van der Waals surface area contributed by atoms with Crippen LogP contribution in [0.4, 0.5) is 10.6 Å². The van der Waals surface area contributed by atoms with Gasteiger partial charge in [-0.1, -0.05) is 61.9 Å². The van der Waals surface area contributed by atoms with E-state index in [1.54, 1.807) is 7.05 Å². The van der Waals surface area contributed by atoms with Crippen LogP contribution in [0.5, 0.6) is 0 Å². The fourth-order valence-corrected chi connectivity index (χ4v) is 4.27. The predicted molar refractivity (Wildman–Crippen MR) is 126 cm³/mol. The number of carbonyl (C=O) groups is 3. The summed E-state index contributed by atoms with van der Waals surface area (Å²) in [4.78, 5) is 36.7. The van der Waals surface area contributed by atoms with E-state index in [1.807, 2.05) is 43.3 Å². The Kier molecular flexibility index (Phi) is 6.62. The van der Waals surface area contributed by atoms with E-state index >= 15 is 0 Å². The number of ether oxygens (including phenoxy) is 1. The topological polar surface area (TPSA) is 123 Å². The van der Waals surface area contributed by atoms with Crippen LogP contribution in [0.3, 0.4) is 0 Å². The van der Waals surface area contributed by atoms with Crippen molar-refractivity contribution >= 4 is 23.8 Å². The maximum atomic E-state index is 12.7. The summed E-state index contributed by atoms with van der Waals surface area (Å²) >= 11 is 0. The first kappa shape index (κ1) is 23.0. The van der Waals surface area contributed by atoms with Crippen molar-refractivity contribution in [2.24, 2.45) is 7.05 Å². The molecule has 0 radical (unpaired) electrons. The van der Waals surface area contributed by atoms with Crippen LogP contribution in [0.15, 0.2) is 54.7 Å². The van der Waals surface area contributed by atoms with Crippen molar-refractivity contribution in [1.82, 2.24) is 15.1 Å². The van der Waals surface area contributed by atoms with Crippen LogP contribution >= 0.6 is 0 Å². The van der Waals surface area contributed by atoms with Crippen molar-refractivity contribution in [1.29, 1.82) is 0 Å². The molecule has 3 N–H and O–H groups in total. The molecule has 0 aliphatic heterocycles. The summed E-state index contributed by atoms with van der Waals surface area (Å²) in [5.41, 5.74) is 4.48. The highest BCUT2D eigenvalue weighted by Gasteiger charge is 2.29. The van der Waals surface area contributed by atoms with Crippen molar-refractivity contribution in [2.45, 2.75) is 31.7 Å². The first-order valence-corrected chi connectivity index (χ1v) is 11.1. The standard InChI is InChI=1S/C25H26N4O5/c1-3-8-21(24(31)32)27-23(30)19-13-26-29(2)22(19)28-25(33)34-14-20-17-11-6-4-9-15(17)16-10-5-7-12-18(16)20/h4-7,9-13,20-21H,3,8,14H2,1-2H3,(H,27,30)(H,28,33)(H,31,32)/t21-/m0/s1. The predicted octanol–water partition coefficient (Wildman–Crippen LogP) is 3.76. The number of nitrogens with one attached hydrogen (secondary N) is 2. The van der Waals surface area contributed by atoms with Gasteiger partial charge in [0.1, 0.15) is 24.0 Å². The average Bonchev–Trinajstić information content (AvgIpc) is 3.35. The Bertz CT molecular complexity index is 1190. The lowest BCUT2D eigenvalue weighted by Crippen LogP contribution is -2.40. The number of aromatic nitrogens is 2. The Morgan fingerprint density at radius 3 is 2.29 bits per heavy atom. The van der Waals surface area contributed by atoms with Crippen molar-refractivity contribution in [2.75, 3.05) is 11.9 Å². The zero-order chi connectivity index (χ0) is 24.2. The van der Waals surface area contributed by atoms with E-state index in [1.165, 1.54) is 10.9 Å². The quantitative estimate of drug-likeness (QED) is 0.468. The van der Waals surface area contributed by atoms with Gasteiger partial charge in [0.15, 0.2) is 0 Å². The highest BCUT2D eigenvalue weighted by Crippen LogP contribution is 2.44. The number of rotatable bonds is 8. The Morgan fingerprint density at radius 1 is 1.09 bits per heavy atom. The molecule has 0 saturated carbocycles. The number of anilines is 1. The van der Waals surface area contributed by atoms with Gasteiger partial charge in [-0.05, 0) is 28.7 Å². The summed E-state index contributed by atoms with van der Waals surface area (Å²) in [5.74, 6) is -1.73. The lowest BCUT2D eigenvalue weighted by atomic mass is 9.98. The lowest BCUT2D eigenvalue weighted by Gasteiger charge is -2.16. The van der Waals surface area contributed by atoms with E-state index in [-0.39, 0.29) is 30.3 Å². The molecule has 2 amide bonds. The number of hydrogen-bond donors (Lipinski definition) is 3. The van der Waals surface area contributed by atoms with E-state index in [2.05, 4.69) is 27.9 Å². The summed E-state index contributed by atoms with van der Waals surface area (Å²) in [6, 6.07) is 15.0. The van der Waals surface area contributed by atoms with Gasteiger partial charge in [0.05, 0.1) is 6.20 Å². The van der Waals surface area contributed by atoms with Crippen LogP contribution in [0.1, 0.15) is 47.2 Å². The fourth-order valence-electron chi connectivity index (χ4n) is 4.27. The van der Waals surface area contributed by atoms with Crippen LogP contribution in [0.2, 0.25) is 0 Å². The lowest BCUT2D eigenvalue weighted by molar-refractivity contribution is -0.139. The second-order valence-corrected chi connectivity index (χ2v) is 8.13. The van der Waals surface area contributed by atoms with E-state index in [9.17, 15) is 19.5 Å². The average molecular weight is 463 g/mol. The van der Waals surface area contributed by atoms with E-state index in [0.717, 1.165) is 22.3 Å². The van der Waals surface area contributed by atoms with Gasteiger partial charge in [0, 0.05) is 13.0 Å². The van der Waals surface area contributed by atoms with Crippen LogP contribution in [-0.4, -0.2) is 45.5 Å². The van der Waals surface area contributed by atoms with Gasteiger partial charge in [0.2, 0.25) is 0 Å². The number of aryl methyl sites for hydroxylation is 1. The normalized spacial score (nSPS) is 13.0. The maximum absolute atomic E-state index is 12.7. The zero-order valence-corrected chi connectivity index (χ0v) is 18.9. The Balaban J connectivity index is 1.45. The van der Waals surface area contributed by atoms with Crippen LogP contribution < -0.4 is 10.6 Å². The molecule has 0 bridgehead atoms. The van der Waals surface area contributed by atoms with Gasteiger partial charge in [-0.15, -0.1) is 0 Å². The number of fused-ring (bicyclic) bond motifs is 3. The number of carbonyl (C=O) groups excluding carboxylic acids is 2. The van der Waals surface area contributed by atoms with Gasteiger partial charge in [0.25, 0.3) is 5.91 Å². The number of aliphatic carboxylic acids is 1. The zero-order valence-electron chi connectivity index (χ0n) is 18.9. The first-order valence-electron chi connectivity index (χ1n) is 11.1. The molecule has 1 aromatic heterocycles. The summed E-state index contributed by atoms with van der Waals surface area (Å²) in [6.07, 6.45) is 1.42. The molecule has 34 heavy (non-hydrogen) atoms. The molecule has 1 atom stereocenters. The molecule has 4 rings (SSSR count). The molecule has 1 aliphatic rings. The number of nitrogens with zero attached hydrogens (tertiary/aromatic N) is 2. The molecule has 0 saturated heterocycles. The molecule has 176 valence electrons. The SMILES string of the molecule is CCC[C@H](NC(=O)c1cnn(C)c1NC(=O)OCC1c2ccccc2-c2ccccc21)C(=O)O. The van der Waals surface area contributed by atoms with Crippen LogP contribution in [0, 0.1) is 0 Å². The van der Waals surface area contributed by atoms with E-state index in [4.69, 9.17) is 4.74 Å². The minimum Gasteiger partial charge on any atom is -0.480 e. The molecule has 0 spiro atoms. The largest absolute Gasteiger partial charge is 0.480 e. The minimum absolute atomic E-state index is 0.0540.